The summed E-state index contributed by atoms with van der Waals surface area (Å²) in [4.78, 5) is 0. The second kappa shape index (κ2) is 14.3. The van der Waals surface area contributed by atoms with Crippen molar-refractivity contribution in [1.29, 1.82) is 0 Å². The van der Waals surface area contributed by atoms with E-state index < -0.39 is 57.8 Å². The van der Waals surface area contributed by atoms with Crippen molar-refractivity contribution in [1.82, 2.24) is 0 Å². The number of benzene rings is 3. The van der Waals surface area contributed by atoms with Gasteiger partial charge in [0.1, 0.15) is 36.4 Å². The van der Waals surface area contributed by atoms with Crippen molar-refractivity contribution in [3.05, 3.63) is 96.1 Å². The summed E-state index contributed by atoms with van der Waals surface area (Å²) in [5.41, 5.74) is 1.59. The molecule has 5 rings (SSSR count). The number of methoxy groups -OCH3 is 1. The molecule has 0 amide bonds. The zero-order valence-corrected chi connectivity index (χ0v) is 25.9. The fraction of sp³-hybridized carbons (Fsp3) is 0.379. The predicted octanol–water partition coefficient (Wildman–Crippen LogP) is 5.52. The van der Waals surface area contributed by atoms with Gasteiger partial charge in [0, 0.05) is 5.56 Å². The summed E-state index contributed by atoms with van der Waals surface area (Å²) >= 11 is 17.2. The molecule has 0 radical (unpaired) electrons. The maximum atomic E-state index is 13.0. The quantitative estimate of drug-likeness (QED) is 0.241. The summed E-state index contributed by atoms with van der Waals surface area (Å²) in [7, 11) is -3.24. The Morgan fingerprint density at radius 1 is 0.860 bits per heavy atom. The van der Waals surface area contributed by atoms with Crippen molar-refractivity contribution in [3.8, 4) is 11.5 Å². The lowest BCUT2D eigenvalue weighted by Crippen LogP contribution is -2.64. The Morgan fingerprint density at radius 3 is 2.16 bits per heavy atom. The molecular formula is C29H29Cl3O10S. The lowest BCUT2D eigenvalue weighted by molar-refractivity contribution is -0.353. The average molecular weight is 676 g/mol. The van der Waals surface area contributed by atoms with E-state index >= 15 is 0 Å². The molecule has 0 aliphatic carbocycles. The second-order valence-corrected chi connectivity index (χ2v) is 13.4. The van der Waals surface area contributed by atoms with Gasteiger partial charge in [0.05, 0.1) is 20.3 Å². The van der Waals surface area contributed by atoms with E-state index in [1.54, 1.807) is 24.3 Å². The van der Waals surface area contributed by atoms with Crippen LogP contribution in [0.15, 0.2) is 84.9 Å². The van der Waals surface area contributed by atoms with Crippen molar-refractivity contribution in [2.24, 2.45) is 0 Å². The van der Waals surface area contributed by atoms with E-state index in [9.17, 15) is 8.42 Å². The fourth-order valence-electron chi connectivity index (χ4n) is 4.57. The molecule has 2 aliphatic heterocycles. The third kappa shape index (κ3) is 8.95. The van der Waals surface area contributed by atoms with E-state index in [2.05, 4.69) is 0 Å². The van der Waals surface area contributed by atoms with Gasteiger partial charge in [0.2, 0.25) is 10.1 Å². The molecule has 0 saturated carbocycles. The smallest absolute Gasteiger partial charge is 0.400 e. The Kier molecular flexibility index (Phi) is 10.7. The van der Waals surface area contributed by atoms with Crippen LogP contribution in [0, 0.1) is 0 Å². The molecule has 14 heteroatoms. The van der Waals surface area contributed by atoms with Gasteiger partial charge in [-0.2, -0.15) is 8.42 Å². The minimum atomic E-state index is -4.77. The first-order chi connectivity index (χ1) is 20.6. The highest BCUT2D eigenvalue weighted by Crippen LogP contribution is 2.38. The summed E-state index contributed by atoms with van der Waals surface area (Å²) in [6.45, 7) is -0.597. The molecule has 232 valence electrons. The van der Waals surface area contributed by atoms with Crippen LogP contribution in [0.4, 0.5) is 0 Å². The molecule has 6 atom stereocenters. The Hall–Kier alpha value is -2.16. The van der Waals surface area contributed by atoms with Crippen LogP contribution in [0.1, 0.15) is 17.4 Å². The van der Waals surface area contributed by atoms with E-state index in [-0.39, 0.29) is 13.2 Å². The summed E-state index contributed by atoms with van der Waals surface area (Å²) < 4.78 is 70.7. The zero-order valence-electron chi connectivity index (χ0n) is 22.8. The van der Waals surface area contributed by atoms with Crippen LogP contribution in [0.25, 0.3) is 0 Å². The van der Waals surface area contributed by atoms with Crippen LogP contribution >= 0.6 is 34.8 Å². The average Bonchev–Trinajstić information content (AvgIpc) is 3.00. The van der Waals surface area contributed by atoms with Crippen LogP contribution in [-0.4, -0.2) is 63.2 Å². The molecule has 3 aromatic rings. The molecule has 2 aliphatic rings. The topological polar surface area (TPSA) is 108 Å². The van der Waals surface area contributed by atoms with Gasteiger partial charge >= 0.3 is 10.4 Å². The highest BCUT2D eigenvalue weighted by molar-refractivity contribution is 7.81. The predicted molar refractivity (Wildman–Crippen MR) is 157 cm³/mol. The minimum Gasteiger partial charge on any atom is -0.497 e. The van der Waals surface area contributed by atoms with E-state index in [4.69, 9.17) is 71.6 Å². The van der Waals surface area contributed by atoms with E-state index in [1.807, 2.05) is 60.7 Å². The summed E-state index contributed by atoms with van der Waals surface area (Å²) in [6, 6.07) is 25.3. The standard InChI is InChI=1S/C29H29Cl3O10S/c1-35-21-12-14-22(15-13-21)39-28-26(42-43(33,34)38-18-29(30,31)32)25(36-16-19-8-4-2-5-9-19)24-23(40-28)17-37-27(41-24)20-10-6-3-7-11-20/h2-15,23-28H,16-18H2,1H3/t23-,24-,25+,26-,27-,28-/m1/s1. The first kappa shape index (κ1) is 32.2. The lowest BCUT2D eigenvalue weighted by Gasteiger charge is -2.48. The molecule has 0 unspecified atom stereocenters. The van der Waals surface area contributed by atoms with Gasteiger partial charge < -0.3 is 28.4 Å². The van der Waals surface area contributed by atoms with Gasteiger partial charge in [-0.25, -0.2) is 8.37 Å². The maximum Gasteiger partial charge on any atom is 0.400 e. The zero-order chi connectivity index (χ0) is 30.5. The largest absolute Gasteiger partial charge is 0.497 e. The monoisotopic (exact) mass is 674 g/mol. The van der Waals surface area contributed by atoms with Crippen LogP contribution in [0.2, 0.25) is 0 Å². The van der Waals surface area contributed by atoms with Gasteiger partial charge in [-0.15, -0.1) is 0 Å². The molecule has 2 heterocycles. The van der Waals surface area contributed by atoms with E-state index in [0.717, 1.165) is 11.1 Å². The summed E-state index contributed by atoms with van der Waals surface area (Å²) in [6.07, 6.45) is -6.13. The molecule has 0 aromatic heterocycles. The molecule has 43 heavy (non-hydrogen) atoms. The van der Waals surface area contributed by atoms with Crippen molar-refractivity contribution < 1.29 is 45.2 Å². The van der Waals surface area contributed by atoms with Gasteiger partial charge in [0.15, 0.2) is 12.4 Å². The van der Waals surface area contributed by atoms with Crippen LogP contribution in [0.3, 0.4) is 0 Å². The normalized spacial score (nSPS) is 26.0. The molecule has 0 N–H and O–H groups in total. The number of hydrogen-bond donors (Lipinski definition) is 0. The first-order valence-electron chi connectivity index (χ1n) is 13.2. The van der Waals surface area contributed by atoms with Crippen LogP contribution in [-0.2, 0) is 44.3 Å². The number of halogens is 3. The van der Waals surface area contributed by atoms with Crippen LogP contribution < -0.4 is 9.47 Å². The molecule has 0 spiro atoms. The number of ether oxygens (including phenoxy) is 6. The highest BCUT2D eigenvalue weighted by Gasteiger charge is 2.54. The summed E-state index contributed by atoms with van der Waals surface area (Å²) in [5, 5.41) is 0. The van der Waals surface area contributed by atoms with Gasteiger partial charge in [-0.1, -0.05) is 95.5 Å². The lowest BCUT2D eigenvalue weighted by atomic mass is 9.97. The van der Waals surface area contributed by atoms with Gasteiger partial charge in [-0.05, 0) is 29.8 Å². The van der Waals surface area contributed by atoms with Crippen molar-refractivity contribution in [2.45, 2.75) is 47.4 Å². The fourth-order valence-corrected chi connectivity index (χ4v) is 5.78. The van der Waals surface area contributed by atoms with Crippen LogP contribution in [0.5, 0.6) is 11.5 Å². The Balaban J connectivity index is 1.47. The van der Waals surface area contributed by atoms with Crippen molar-refractivity contribution in [3.63, 3.8) is 0 Å². The Morgan fingerprint density at radius 2 is 1.51 bits per heavy atom. The third-order valence-electron chi connectivity index (χ3n) is 6.55. The number of fused-ring (bicyclic) bond motifs is 1. The maximum absolute atomic E-state index is 13.0. The Labute approximate surface area is 264 Å². The SMILES string of the molecule is COc1ccc(O[C@@H]2O[C@@H]3CO[C@@H](c4ccccc4)O[C@H]3[C@H](OCc3ccccc3)[C@H]2OS(=O)(=O)OCC(Cl)(Cl)Cl)cc1. The van der Waals surface area contributed by atoms with Crippen molar-refractivity contribution in [2.75, 3.05) is 20.3 Å². The first-order valence-corrected chi connectivity index (χ1v) is 15.6. The van der Waals surface area contributed by atoms with Crippen molar-refractivity contribution >= 4 is 45.2 Å². The molecule has 0 bridgehead atoms. The van der Waals surface area contributed by atoms with E-state index in [1.165, 1.54) is 7.11 Å². The van der Waals surface area contributed by atoms with Gasteiger partial charge in [-0.3, -0.25) is 0 Å². The number of alkyl halides is 3. The third-order valence-corrected chi connectivity index (χ3v) is 7.74. The minimum absolute atomic E-state index is 0.0963. The number of rotatable bonds is 11. The molecule has 3 aromatic carbocycles. The number of hydrogen-bond acceptors (Lipinski definition) is 10. The van der Waals surface area contributed by atoms with E-state index in [0.29, 0.717) is 11.5 Å². The molecular weight excluding hydrogens is 647 g/mol. The molecule has 2 saturated heterocycles. The van der Waals surface area contributed by atoms with Gasteiger partial charge in [0.25, 0.3) is 0 Å². The molecule has 2 fully saturated rings. The Bertz CT molecular complexity index is 1410. The molecule has 10 nitrogen and oxygen atoms in total. The second-order valence-electron chi connectivity index (χ2n) is 9.62. The summed E-state index contributed by atoms with van der Waals surface area (Å²) in [5.74, 6) is 0.941. The highest BCUT2D eigenvalue weighted by atomic mass is 35.6.